The van der Waals surface area contributed by atoms with Gasteiger partial charge in [0, 0.05) is 12.6 Å². The molecule has 0 saturated carbocycles. The molecule has 0 fully saturated rings. The zero-order chi connectivity index (χ0) is 13.9. The molecule has 3 rings (SSSR count). The van der Waals surface area contributed by atoms with Gasteiger partial charge in [0.2, 0.25) is 0 Å². The molecule has 1 atom stereocenters. The summed E-state index contributed by atoms with van der Waals surface area (Å²) in [7, 11) is 0. The van der Waals surface area contributed by atoms with Gasteiger partial charge in [0.05, 0.1) is 0 Å². The maximum Gasteiger partial charge on any atom is 0.200 e. The van der Waals surface area contributed by atoms with E-state index in [1.807, 2.05) is 24.3 Å². The Bertz CT molecular complexity index is 704. The lowest BCUT2D eigenvalue weighted by Gasteiger charge is -2.15. The zero-order valence-electron chi connectivity index (χ0n) is 11.1. The predicted molar refractivity (Wildman–Crippen MR) is 74.9 cm³/mol. The minimum atomic E-state index is 0.128. The highest BCUT2D eigenvalue weighted by Crippen LogP contribution is 2.18. The zero-order valence-corrected chi connectivity index (χ0v) is 11.1. The van der Waals surface area contributed by atoms with Crippen molar-refractivity contribution in [3.05, 3.63) is 47.5 Å². The van der Waals surface area contributed by atoms with E-state index in [4.69, 9.17) is 5.73 Å². The van der Waals surface area contributed by atoms with Crippen LogP contribution in [-0.2, 0) is 6.54 Å². The number of rotatable bonds is 4. The average molecular weight is 269 g/mol. The molecule has 2 heterocycles. The van der Waals surface area contributed by atoms with Crippen molar-refractivity contribution in [2.45, 2.75) is 19.5 Å². The largest absolute Gasteiger partial charge is 0.362 e. The first kappa shape index (κ1) is 12.5. The van der Waals surface area contributed by atoms with Crippen LogP contribution < -0.4 is 11.1 Å². The Morgan fingerprint density at radius 1 is 1.20 bits per heavy atom. The van der Waals surface area contributed by atoms with Gasteiger partial charge in [-0.3, -0.25) is 0 Å². The van der Waals surface area contributed by atoms with Crippen molar-refractivity contribution in [1.29, 1.82) is 0 Å². The van der Waals surface area contributed by atoms with E-state index < -0.39 is 0 Å². The molecule has 3 aromatic rings. The molecule has 7 nitrogen and oxygen atoms in total. The van der Waals surface area contributed by atoms with Crippen LogP contribution in [0, 0.1) is 0 Å². The summed E-state index contributed by atoms with van der Waals surface area (Å²) >= 11 is 0. The number of anilines is 1. The highest BCUT2D eigenvalue weighted by atomic mass is 15.6. The van der Waals surface area contributed by atoms with Gasteiger partial charge >= 0.3 is 0 Å². The molecule has 0 bridgehead atoms. The molecule has 20 heavy (non-hydrogen) atoms. The number of hydrogen-bond donors (Lipinski definition) is 2. The molecule has 1 aromatic carbocycles. The van der Waals surface area contributed by atoms with Crippen LogP contribution in [0.1, 0.15) is 24.1 Å². The van der Waals surface area contributed by atoms with E-state index in [-0.39, 0.29) is 6.04 Å². The van der Waals surface area contributed by atoms with Crippen molar-refractivity contribution in [2.75, 3.05) is 5.32 Å². The quantitative estimate of drug-likeness (QED) is 0.738. The summed E-state index contributed by atoms with van der Waals surface area (Å²) in [5.74, 6) is 0.722. The fourth-order valence-electron chi connectivity index (χ4n) is 1.97. The monoisotopic (exact) mass is 269 g/mol. The first-order chi connectivity index (χ1) is 9.76. The first-order valence-corrected chi connectivity index (χ1v) is 6.37. The van der Waals surface area contributed by atoms with Gasteiger partial charge in [-0.2, -0.15) is 0 Å². The second-order valence-electron chi connectivity index (χ2n) is 4.56. The van der Waals surface area contributed by atoms with Crippen LogP contribution in [-0.4, -0.2) is 25.3 Å². The number of aromatic nitrogens is 5. The van der Waals surface area contributed by atoms with Crippen LogP contribution in [0.25, 0.3) is 5.65 Å². The average Bonchev–Trinajstić information content (AvgIpc) is 2.95. The molecule has 1 unspecified atom stereocenters. The maximum absolute atomic E-state index is 5.60. The van der Waals surface area contributed by atoms with Crippen molar-refractivity contribution in [3.63, 3.8) is 0 Å². The van der Waals surface area contributed by atoms with Gasteiger partial charge < -0.3 is 11.1 Å². The van der Waals surface area contributed by atoms with Crippen LogP contribution in [0.2, 0.25) is 0 Å². The molecule has 102 valence electrons. The van der Waals surface area contributed by atoms with Crippen LogP contribution in [0.3, 0.4) is 0 Å². The van der Waals surface area contributed by atoms with E-state index in [1.165, 1.54) is 10.2 Å². The molecular formula is C13H15N7. The van der Waals surface area contributed by atoms with Gasteiger partial charge in [-0.05, 0) is 40.6 Å². The fourth-order valence-corrected chi connectivity index (χ4v) is 1.97. The molecule has 0 aliphatic rings. The van der Waals surface area contributed by atoms with Crippen molar-refractivity contribution >= 4 is 11.5 Å². The number of fused-ring (bicyclic) bond motifs is 1. The van der Waals surface area contributed by atoms with Crippen molar-refractivity contribution in [2.24, 2.45) is 5.73 Å². The minimum absolute atomic E-state index is 0.128. The summed E-state index contributed by atoms with van der Waals surface area (Å²) < 4.78 is 1.40. The van der Waals surface area contributed by atoms with E-state index in [0.717, 1.165) is 11.4 Å². The summed E-state index contributed by atoms with van der Waals surface area (Å²) in [4.78, 5) is 0. The van der Waals surface area contributed by atoms with Crippen molar-refractivity contribution < 1.29 is 0 Å². The summed E-state index contributed by atoms with van der Waals surface area (Å²) in [6.07, 6.45) is 0. The lowest BCUT2D eigenvalue weighted by molar-refractivity contribution is 0.728. The molecular weight excluding hydrogens is 254 g/mol. The van der Waals surface area contributed by atoms with Crippen LogP contribution in [0.5, 0.6) is 0 Å². The number of nitrogens with two attached hydrogens (primary N) is 1. The van der Waals surface area contributed by atoms with Gasteiger partial charge in [-0.15, -0.1) is 14.8 Å². The SMILES string of the molecule is CC(Nc1ccc2nnnn2n1)c1ccc(CN)cc1. The first-order valence-electron chi connectivity index (χ1n) is 6.37. The second-order valence-corrected chi connectivity index (χ2v) is 4.56. The van der Waals surface area contributed by atoms with Crippen molar-refractivity contribution in [3.8, 4) is 0 Å². The van der Waals surface area contributed by atoms with Crippen LogP contribution in [0.15, 0.2) is 36.4 Å². The third-order valence-corrected chi connectivity index (χ3v) is 3.15. The van der Waals surface area contributed by atoms with E-state index in [9.17, 15) is 0 Å². The Hall–Kier alpha value is -2.54. The number of hydrogen-bond acceptors (Lipinski definition) is 6. The third-order valence-electron chi connectivity index (χ3n) is 3.15. The molecule has 3 N–H and O–H groups in total. The van der Waals surface area contributed by atoms with Crippen LogP contribution in [0.4, 0.5) is 5.82 Å². The lowest BCUT2D eigenvalue weighted by Crippen LogP contribution is -2.10. The smallest absolute Gasteiger partial charge is 0.200 e. The molecule has 7 heteroatoms. The van der Waals surface area contributed by atoms with Gasteiger partial charge in [0.15, 0.2) is 5.65 Å². The highest BCUT2D eigenvalue weighted by molar-refractivity contribution is 5.43. The molecule has 0 aliphatic carbocycles. The minimum Gasteiger partial charge on any atom is -0.362 e. The molecule has 0 aliphatic heterocycles. The standard InChI is InChI=1S/C13H15N7/c1-9(11-4-2-10(8-14)3-5-11)15-12-6-7-13-16-18-19-20(13)17-12/h2-7,9H,8,14H2,1H3,(H,15,17). The summed E-state index contributed by atoms with van der Waals surface area (Å²) in [6.45, 7) is 2.63. The van der Waals surface area contributed by atoms with Crippen LogP contribution >= 0.6 is 0 Å². The highest BCUT2D eigenvalue weighted by Gasteiger charge is 2.07. The topological polar surface area (TPSA) is 94.0 Å². The predicted octanol–water partition coefficient (Wildman–Crippen LogP) is 1.15. The maximum atomic E-state index is 5.60. The summed E-state index contributed by atoms with van der Waals surface area (Å²) in [5, 5.41) is 18.8. The number of nitrogens with one attached hydrogen (secondary N) is 1. The summed E-state index contributed by atoms with van der Waals surface area (Å²) in [6, 6.07) is 12.0. The van der Waals surface area contributed by atoms with Gasteiger partial charge in [-0.1, -0.05) is 24.3 Å². The molecule has 2 aromatic heterocycles. The molecule has 0 saturated heterocycles. The van der Waals surface area contributed by atoms with E-state index in [1.54, 1.807) is 0 Å². The normalized spacial score (nSPS) is 12.5. The Morgan fingerprint density at radius 3 is 2.75 bits per heavy atom. The third kappa shape index (κ3) is 2.43. The fraction of sp³-hybridized carbons (Fsp3) is 0.231. The number of tetrazole rings is 1. The van der Waals surface area contributed by atoms with Gasteiger partial charge in [0.1, 0.15) is 5.82 Å². The molecule has 0 amide bonds. The Balaban J connectivity index is 1.78. The molecule has 0 spiro atoms. The van der Waals surface area contributed by atoms with E-state index >= 15 is 0 Å². The summed E-state index contributed by atoms with van der Waals surface area (Å²) in [5.41, 5.74) is 8.50. The van der Waals surface area contributed by atoms with E-state index in [0.29, 0.717) is 12.2 Å². The van der Waals surface area contributed by atoms with E-state index in [2.05, 4.69) is 45.0 Å². The Kier molecular flexibility index (Phi) is 3.26. The number of benzene rings is 1. The van der Waals surface area contributed by atoms with Crippen molar-refractivity contribution in [1.82, 2.24) is 25.3 Å². The molecule has 0 radical (unpaired) electrons. The Morgan fingerprint density at radius 2 is 2.00 bits per heavy atom. The Labute approximate surface area is 115 Å². The lowest BCUT2D eigenvalue weighted by atomic mass is 10.1. The number of nitrogens with zero attached hydrogens (tertiary/aromatic N) is 5. The van der Waals surface area contributed by atoms with Gasteiger partial charge in [-0.25, -0.2) is 0 Å². The second kappa shape index (κ2) is 5.22. The van der Waals surface area contributed by atoms with Gasteiger partial charge in [0.25, 0.3) is 0 Å².